The first-order chi connectivity index (χ1) is 10.5. The Morgan fingerprint density at radius 1 is 1.35 bits per heavy atom. The van der Waals surface area contributed by atoms with Gasteiger partial charge in [-0.25, -0.2) is 4.79 Å². The summed E-state index contributed by atoms with van der Waals surface area (Å²) >= 11 is 0. The molecule has 0 aliphatic heterocycles. The van der Waals surface area contributed by atoms with Gasteiger partial charge in [-0.15, -0.1) is 0 Å². The number of amides is 2. The zero-order valence-corrected chi connectivity index (χ0v) is 13.0. The van der Waals surface area contributed by atoms with Crippen LogP contribution in [0, 0.1) is 13.8 Å². The summed E-state index contributed by atoms with van der Waals surface area (Å²) in [4.78, 5) is 22.0. The van der Waals surface area contributed by atoms with Gasteiger partial charge in [-0.2, -0.15) is 18.3 Å². The van der Waals surface area contributed by atoms with Crippen LogP contribution in [0.2, 0.25) is 0 Å². The third-order valence-corrected chi connectivity index (χ3v) is 3.31. The van der Waals surface area contributed by atoms with Crippen LogP contribution in [0.15, 0.2) is 0 Å². The number of carboxylic acid groups (broad SMARTS) is 1. The van der Waals surface area contributed by atoms with Crippen molar-refractivity contribution in [3.63, 3.8) is 0 Å². The molecule has 0 bridgehead atoms. The van der Waals surface area contributed by atoms with E-state index >= 15 is 0 Å². The Morgan fingerprint density at radius 2 is 1.96 bits per heavy atom. The lowest BCUT2D eigenvalue weighted by Crippen LogP contribution is -2.44. The summed E-state index contributed by atoms with van der Waals surface area (Å²) in [5.41, 5.74) is 0.384. The lowest BCUT2D eigenvalue weighted by Gasteiger charge is -2.22. The topological polar surface area (TPSA) is 96.3 Å². The average Bonchev–Trinajstić information content (AvgIpc) is 2.64. The summed E-state index contributed by atoms with van der Waals surface area (Å²) in [5.74, 6) is -1.04. The van der Waals surface area contributed by atoms with Crippen molar-refractivity contribution in [1.29, 1.82) is 0 Å². The number of hydrogen-bond acceptors (Lipinski definition) is 3. The van der Waals surface area contributed by atoms with E-state index in [1.807, 2.05) is 5.32 Å². The zero-order valence-electron chi connectivity index (χ0n) is 13.0. The van der Waals surface area contributed by atoms with Crippen molar-refractivity contribution >= 4 is 12.0 Å². The molecule has 1 unspecified atom stereocenters. The highest BCUT2D eigenvalue weighted by molar-refractivity contribution is 5.74. The Kier molecular flexibility index (Phi) is 5.99. The maximum absolute atomic E-state index is 13.3. The fourth-order valence-electron chi connectivity index (χ4n) is 2.15. The summed E-state index contributed by atoms with van der Waals surface area (Å²) in [5, 5.41) is 16.5. The summed E-state index contributed by atoms with van der Waals surface area (Å²) in [6, 6.07) is -3.20. The second kappa shape index (κ2) is 7.34. The lowest BCUT2D eigenvalue weighted by molar-refractivity contribution is -0.155. The van der Waals surface area contributed by atoms with Crippen molar-refractivity contribution in [3.8, 4) is 0 Å². The average molecular weight is 336 g/mol. The smallest absolute Gasteiger partial charge is 0.413 e. The van der Waals surface area contributed by atoms with Gasteiger partial charge in [0.05, 0.1) is 5.69 Å². The van der Waals surface area contributed by atoms with Crippen LogP contribution in [0.1, 0.15) is 35.8 Å². The van der Waals surface area contributed by atoms with E-state index in [1.165, 1.54) is 25.6 Å². The van der Waals surface area contributed by atoms with Crippen LogP contribution in [0.3, 0.4) is 0 Å². The van der Waals surface area contributed by atoms with E-state index in [0.717, 1.165) is 0 Å². The van der Waals surface area contributed by atoms with Crippen LogP contribution in [-0.2, 0) is 11.8 Å². The second-order valence-electron chi connectivity index (χ2n) is 5.08. The Balaban J connectivity index is 2.81. The predicted molar refractivity (Wildman–Crippen MR) is 74.9 cm³/mol. The van der Waals surface area contributed by atoms with E-state index in [4.69, 9.17) is 5.11 Å². The molecule has 23 heavy (non-hydrogen) atoms. The maximum atomic E-state index is 13.3. The summed E-state index contributed by atoms with van der Waals surface area (Å²) in [7, 11) is 1.52. The standard InChI is InChI=1S/C13H19F3N4O3/c1-7-10(8(2)20(3)19-7)11(13(14,15)16)18-12(23)17-6-4-5-9(21)22/h11H,4-6H2,1-3H3,(H,21,22)(H2,17,18,23). The highest BCUT2D eigenvalue weighted by Crippen LogP contribution is 2.35. The number of nitrogens with one attached hydrogen (secondary N) is 2. The molecule has 0 aliphatic carbocycles. The van der Waals surface area contributed by atoms with Crippen molar-refractivity contribution in [2.75, 3.05) is 6.54 Å². The first kappa shape index (κ1) is 18.8. The minimum Gasteiger partial charge on any atom is -0.481 e. The van der Waals surface area contributed by atoms with Gasteiger partial charge in [-0.3, -0.25) is 9.48 Å². The van der Waals surface area contributed by atoms with Gasteiger partial charge in [0.2, 0.25) is 0 Å². The molecule has 0 aliphatic rings. The van der Waals surface area contributed by atoms with Crippen LogP contribution in [0.4, 0.5) is 18.0 Å². The number of carbonyl (C=O) groups is 2. The second-order valence-corrected chi connectivity index (χ2v) is 5.08. The number of aliphatic carboxylic acids is 1. The molecule has 0 radical (unpaired) electrons. The summed E-state index contributed by atoms with van der Waals surface area (Å²) in [6.07, 6.45) is -4.73. The number of nitrogens with zero attached hydrogens (tertiary/aromatic N) is 2. The van der Waals surface area contributed by atoms with Gasteiger partial charge in [0.1, 0.15) is 0 Å². The molecule has 1 rings (SSSR count). The third kappa shape index (κ3) is 5.15. The first-order valence-electron chi connectivity index (χ1n) is 6.87. The number of hydrogen-bond donors (Lipinski definition) is 3. The highest BCUT2D eigenvalue weighted by Gasteiger charge is 2.44. The molecule has 1 aromatic rings. The first-order valence-corrected chi connectivity index (χ1v) is 6.87. The Morgan fingerprint density at radius 3 is 2.39 bits per heavy atom. The van der Waals surface area contributed by atoms with E-state index in [9.17, 15) is 22.8 Å². The molecule has 1 heterocycles. The zero-order chi connectivity index (χ0) is 17.8. The normalized spacial score (nSPS) is 12.8. The number of aromatic nitrogens is 2. The Labute approximate surface area is 130 Å². The molecule has 0 aromatic carbocycles. The van der Waals surface area contributed by atoms with Crippen molar-refractivity contribution in [3.05, 3.63) is 17.0 Å². The molecule has 0 spiro atoms. The van der Waals surface area contributed by atoms with Gasteiger partial charge < -0.3 is 15.7 Å². The predicted octanol–water partition coefficient (Wildman–Crippen LogP) is 1.80. The Bertz CT molecular complexity index is 584. The molecule has 1 aromatic heterocycles. The van der Waals surface area contributed by atoms with Crippen molar-refractivity contribution in [1.82, 2.24) is 20.4 Å². The number of alkyl halides is 3. The number of rotatable bonds is 6. The summed E-state index contributed by atoms with van der Waals surface area (Å²) in [6.45, 7) is 2.89. The van der Waals surface area contributed by atoms with Gasteiger partial charge in [-0.05, 0) is 20.3 Å². The summed E-state index contributed by atoms with van der Waals surface area (Å²) < 4.78 is 41.1. The molecule has 3 N–H and O–H groups in total. The van der Waals surface area contributed by atoms with E-state index in [1.54, 1.807) is 0 Å². The SMILES string of the molecule is Cc1nn(C)c(C)c1C(NC(=O)NCCCC(=O)O)C(F)(F)F. The van der Waals surface area contributed by atoms with E-state index in [0.29, 0.717) is 5.69 Å². The fraction of sp³-hybridized carbons (Fsp3) is 0.615. The molecule has 1 atom stereocenters. The number of aryl methyl sites for hydroxylation is 2. The molecule has 2 amide bonds. The van der Waals surface area contributed by atoms with Gasteiger partial charge in [-0.1, -0.05) is 0 Å². The maximum Gasteiger partial charge on any atom is 0.413 e. The third-order valence-electron chi connectivity index (χ3n) is 3.31. The molecule has 7 nitrogen and oxygen atoms in total. The van der Waals surface area contributed by atoms with Crippen molar-refractivity contribution in [2.24, 2.45) is 7.05 Å². The molecule has 0 fully saturated rings. The van der Waals surface area contributed by atoms with E-state index < -0.39 is 24.2 Å². The minimum absolute atomic E-state index is 0.0340. The van der Waals surface area contributed by atoms with Crippen LogP contribution >= 0.6 is 0 Å². The molecule has 10 heteroatoms. The molecule has 130 valence electrons. The number of halogens is 3. The fourth-order valence-corrected chi connectivity index (χ4v) is 2.15. The monoisotopic (exact) mass is 336 g/mol. The number of carboxylic acids is 1. The van der Waals surface area contributed by atoms with Crippen LogP contribution < -0.4 is 10.6 Å². The van der Waals surface area contributed by atoms with Crippen LogP contribution in [-0.4, -0.2) is 39.6 Å². The number of urea groups is 1. The van der Waals surface area contributed by atoms with Crippen LogP contribution in [0.25, 0.3) is 0 Å². The van der Waals surface area contributed by atoms with Gasteiger partial charge in [0, 0.05) is 31.3 Å². The minimum atomic E-state index is -4.68. The molecular weight excluding hydrogens is 317 g/mol. The molecular formula is C13H19F3N4O3. The Hall–Kier alpha value is -2.26. The van der Waals surface area contributed by atoms with Crippen molar-refractivity contribution < 1.29 is 27.9 Å². The van der Waals surface area contributed by atoms with E-state index in [2.05, 4.69) is 10.4 Å². The molecule has 0 saturated heterocycles. The highest BCUT2D eigenvalue weighted by atomic mass is 19.4. The van der Waals surface area contributed by atoms with Crippen molar-refractivity contribution in [2.45, 2.75) is 38.9 Å². The largest absolute Gasteiger partial charge is 0.481 e. The van der Waals surface area contributed by atoms with Gasteiger partial charge in [0.15, 0.2) is 6.04 Å². The van der Waals surface area contributed by atoms with E-state index in [-0.39, 0.29) is 30.6 Å². The quantitative estimate of drug-likeness (QED) is 0.690. The van der Waals surface area contributed by atoms with Crippen LogP contribution in [0.5, 0.6) is 0 Å². The van der Waals surface area contributed by atoms with Gasteiger partial charge >= 0.3 is 18.2 Å². The lowest BCUT2D eigenvalue weighted by atomic mass is 10.0. The molecule has 0 saturated carbocycles. The van der Waals surface area contributed by atoms with Gasteiger partial charge in [0.25, 0.3) is 0 Å². The number of carbonyl (C=O) groups excluding carboxylic acids is 1.